The van der Waals surface area contributed by atoms with E-state index < -0.39 is 0 Å². The van der Waals surface area contributed by atoms with Crippen molar-refractivity contribution >= 4 is 5.57 Å². The van der Waals surface area contributed by atoms with Crippen LogP contribution in [0.25, 0.3) is 5.57 Å². The fourth-order valence-corrected chi connectivity index (χ4v) is 2.27. The molecule has 0 heteroatoms. The zero-order valence-corrected chi connectivity index (χ0v) is 13.3. The first kappa shape index (κ1) is 15.3. The van der Waals surface area contributed by atoms with Crippen molar-refractivity contribution in [1.29, 1.82) is 0 Å². The van der Waals surface area contributed by atoms with Gasteiger partial charge in [0, 0.05) is 0 Å². The van der Waals surface area contributed by atoms with E-state index in [0.29, 0.717) is 0 Å². The van der Waals surface area contributed by atoms with Crippen molar-refractivity contribution in [2.75, 3.05) is 0 Å². The second kappa shape index (κ2) is 7.64. The molecule has 2 aromatic carbocycles. The molecule has 0 spiro atoms. The summed E-state index contributed by atoms with van der Waals surface area (Å²) in [4.78, 5) is 0. The smallest absolute Gasteiger partial charge is 0.00198 e. The lowest BCUT2D eigenvalue weighted by Crippen LogP contribution is -1.91. The van der Waals surface area contributed by atoms with Crippen molar-refractivity contribution in [2.24, 2.45) is 0 Å². The van der Waals surface area contributed by atoms with Crippen LogP contribution in [-0.2, 0) is 6.42 Å². The second-order valence-electron chi connectivity index (χ2n) is 5.56. The molecule has 0 amide bonds. The van der Waals surface area contributed by atoms with Crippen molar-refractivity contribution in [2.45, 2.75) is 33.6 Å². The van der Waals surface area contributed by atoms with Gasteiger partial charge in [0.15, 0.2) is 0 Å². The zero-order valence-electron chi connectivity index (χ0n) is 13.3. The Morgan fingerprint density at radius 1 is 0.857 bits per heavy atom. The average Bonchev–Trinajstić information content (AvgIpc) is 2.49. The summed E-state index contributed by atoms with van der Waals surface area (Å²) in [6.07, 6.45) is 8.65. The Morgan fingerprint density at radius 2 is 1.43 bits per heavy atom. The monoisotopic (exact) mass is 276 g/mol. The van der Waals surface area contributed by atoms with Gasteiger partial charge in [-0.2, -0.15) is 0 Å². The molecule has 0 N–H and O–H groups in total. The van der Waals surface area contributed by atoms with Gasteiger partial charge in [0.05, 0.1) is 0 Å². The van der Waals surface area contributed by atoms with E-state index in [1.165, 1.54) is 27.8 Å². The van der Waals surface area contributed by atoms with Crippen LogP contribution in [0.15, 0.2) is 66.8 Å². The van der Waals surface area contributed by atoms with E-state index >= 15 is 0 Å². The molecule has 0 saturated carbocycles. The van der Waals surface area contributed by atoms with Crippen LogP contribution < -0.4 is 0 Å². The Labute approximate surface area is 128 Å². The number of benzene rings is 2. The van der Waals surface area contributed by atoms with Crippen LogP contribution in [-0.4, -0.2) is 0 Å². The van der Waals surface area contributed by atoms with E-state index in [-0.39, 0.29) is 0 Å². The van der Waals surface area contributed by atoms with E-state index in [1.807, 2.05) is 0 Å². The molecule has 0 unspecified atom stereocenters. The van der Waals surface area contributed by atoms with Gasteiger partial charge in [0.25, 0.3) is 0 Å². The summed E-state index contributed by atoms with van der Waals surface area (Å²) < 4.78 is 0. The number of aryl methyl sites for hydroxylation is 2. The molecular weight excluding hydrogens is 252 g/mol. The molecule has 108 valence electrons. The number of hydrogen-bond donors (Lipinski definition) is 0. The molecule has 2 rings (SSSR count). The summed E-state index contributed by atoms with van der Waals surface area (Å²) in [5.74, 6) is 0. The van der Waals surface area contributed by atoms with Gasteiger partial charge in [0.1, 0.15) is 0 Å². The quantitative estimate of drug-likeness (QED) is 0.597. The Kier molecular flexibility index (Phi) is 5.57. The molecule has 0 heterocycles. The molecule has 0 atom stereocenters. The van der Waals surface area contributed by atoms with Gasteiger partial charge in [0.2, 0.25) is 0 Å². The van der Waals surface area contributed by atoms with Gasteiger partial charge in [-0.05, 0) is 43.4 Å². The van der Waals surface area contributed by atoms with Crippen molar-refractivity contribution in [1.82, 2.24) is 0 Å². The van der Waals surface area contributed by atoms with E-state index in [2.05, 4.69) is 87.5 Å². The van der Waals surface area contributed by atoms with Crippen LogP contribution in [0.5, 0.6) is 0 Å². The average molecular weight is 276 g/mol. The van der Waals surface area contributed by atoms with Crippen molar-refractivity contribution < 1.29 is 0 Å². The predicted molar refractivity (Wildman–Crippen MR) is 93.5 cm³/mol. The summed E-state index contributed by atoms with van der Waals surface area (Å²) in [5, 5.41) is 0. The second-order valence-corrected chi connectivity index (χ2v) is 5.56. The Morgan fingerprint density at radius 3 is 2.00 bits per heavy atom. The molecule has 0 bridgehead atoms. The van der Waals surface area contributed by atoms with Crippen LogP contribution in [0.2, 0.25) is 0 Å². The first-order valence-electron chi connectivity index (χ1n) is 7.67. The van der Waals surface area contributed by atoms with E-state index in [1.54, 1.807) is 0 Å². The molecule has 0 radical (unpaired) electrons. The normalized spacial score (nSPS) is 12.0. The van der Waals surface area contributed by atoms with Gasteiger partial charge >= 0.3 is 0 Å². The maximum atomic E-state index is 2.24. The number of rotatable bonds is 5. The molecule has 0 aliphatic heterocycles. The minimum atomic E-state index is 0.970. The van der Waals surface area contributed by atoms with E-state index in [0.717, 1.165) is 12.8 Å². The highest BCUT2D eigenvalue weighted by atomic mass is 14.1. The first-order valence-corrected chi connectivity index (χ1v) is 7.67. The minimum Gasteiger partial charge on any atom is -0.0848 e. The maximum Gasteiger partial charge on any atom is -0.00198 e. The molecule has 0 saturated heterocycles. The van der Waals surface area contributed by atoms with E-state index in [4.69, 9.17) is 0 Å². The van der Waals surface area contributed by atoms with Crippen molar-refractivity contribution in [3.63, 3.8) is 0 Å². The highest BCUT2D eigenvalue weighted by Gasteiger charge is 2.02. The lowest BCUT2D eigenvalue weighted by molar-refractivity contribution is 1.22. The first-order chi connectivity index (χ1) is 10.2. The molecule has 0 aromatic heterocycles. The molecular formula is C21H24. The molecule has 0 nitrogen and oxygen atoms in total. The van der Waals surface area contributed by atoms with Gasteiger partial charge in [-0.3, -0.25) is 0 Å². The SMILES string of the molecule is CC/C=C\C=C(/Cc1ccc(C)cc1)c1ccc(C)cc1. The Hall–Kier alpha value is -2.08. The summed E-state index contributed by atoms with van der Waals surface area (Å²) in [6, 6.07) is 17.6. The summed E-state index contributed by atoms with van der Waals surface area (Å²) in [7, 11) is 0. The summed E-state index contributed by atoms with van der Waals surface area (Å²) in [6.45, 7) is 6.42. The van der Waals surface area contributed by atoms with Crippen molar-refractivity contribution in [3.05, 3.63) is 89.0 Å². The number of hydrogen-bond acceptors (Lipinski definition) is 0. The molecule has 0 aliphatic rings. The third-order valence-electron chi connectivity index (χ3n) is 3.61. The predicted octanol–water partition coefficient (Wildman–Crippen LogP) is 5.90. The van der Waals surface area contributed by atoms with E-state index in [9.17, 15) is 0 Å². The van der Waals surface area contributed by atoms with Crippen LogP contribution in [0.4, 0.5) is 0 Å². The van der Waals surface area contributed by atoms with Gasteiger partial charge < -0.3 is 0 Å². The highest BCUT2D eigenvalue weighted by Crippen LogP contribution is 2.21. The fraction of sp³-hybridized carbons (Fsp3) is 0.238. The fourth-order valence-electron chi connectivity index (χ4n) is 2.27. The van der Waals surface area contributed by atoms with Crippen LogP contribution in [0, 0.1) is 13.8 Å². The van der Waals surface area contributed by atoms with Crippen molar-refractivity contribution in [3.8, 4) is 0 Å². The molecule has 0 fully saturated rings. The molecule has 0 aliphatic carbocycles. The standard InChI is InChI=1S/C21H24/c1-4-5-6-7-21(20-14-10-18(3)11-15-20)16-19-12-8-17(2)9-13-19/h5-15H,4,16H2,1-3H3/b6-5-,21-7+. The van der Waals surface area contributed by atoms with Gasteiger partial charge in [-0.25, -0.2) is 0 Å². The maximum absolute atomic E-state index is 2.24. The van der Waals surface area contributed by atoms with Gasteiger partial charge in [-0.15, -0.1) is 0 Å². The minimum absolute atomic E-state index is 0.970. The van der Waals surface area contributed by atoms with Crippen LogP contribution in [0.1, 0.15) is 35.6 Å². The third kappa shape index (κ3) is 4.75. The van der Waals surface area contributed by atoms with Crippen LogP contribution >= 0.6 is 0 Å². The lowest BCUT2D eigenvalue weighted by atomic mass is 9.96. The zero-order chi connectivity index (χ0) is 15.1. The summed E-state index contributed by atoms with van der Waals surface area (Å²) >= 11 is 0. The third-order valence-corrected chi connectivity index (χ3v) is 3.61. The lowest BCUT2D eigenvalue weighted by Gasteiger charge is -2.09. The topological polar surface area (TPSA) is 0 Å². The van der Waals surface area contributed by atoms with Gasteiger partial charge in [-0.1, -0.05) is 84.8 Å². The highest BCUT2D eigenvalue weighted by molar-refractivity contribution is 5.69. The largest absolute Gasteiger partial charge is 0.0848 e. The van der Waals surface area contributed by atoms with Crippen LogP contribution in [0.3, 0.4) is 0 Å². The molecule has 2 aromatic rings. The number of allylic oxidation sites excluding steroid dienone is 4. The Bertz CT molecular complexity index is 610. The Balaban J connectivity index is 2.27. The molecule has 21 heavy (non-hydrogen) atoms. The summed E-state index contributed by atoms with van der Waals surface area (Å²) in [5.41, 5.74) is 6.64.